The Hall–Kier alpha value is 1.81. The third-order valence-corrected chi connectivity index (χ3v) is 0. The molecule has 22 valence electrons. The van der Waals surface area contributed by atoms with Gasteiger partial charge in [-0.25, -0.2) is 0 Å². The summed E-state index contributed by atoms with van der Waals surface area (Å²) in [6, 6.07) is 0. The molecule has 0 aliphatic rings. The predicted octanol–water partition coefficient (Wildman–Crippen LogP) is -2.37. The van der Waals surface area contributed by atoms with Gasteiger partial charge in [0.1, 0.15) is 0 Å². The van der Waals surface area contributed by atoms with Crippen LogP contribution in [0.25, 0.3) is 0 Å². The van der Waals surface area contributed by atoms with Crippen molar-refractivity contribution in [3.8, 4) is 0 Å². The van der Waals surface area contributed by atoms with E-state index in [0.717, 1.165) is 0 Å². The largest absolute Gasteiger partial charge is 0.0149 e. The number of hydrogen-bond acceptors (Lipinski definition) is 1. The Morgan fingerprint density at radius 2 is 1.50 bits per heavy atom. The van der Waals surface area contributed by atoms with Crippen LogP contribution in [-0.4, -0.2) is 64.9 Å². The Kier molecular flexibility index (Phi) is 90.7. The van der Waals surface area contributed by atoms with Gasteiger partial charge in [-0.05, 0) is 11.0 Å². The van der Waals surface area contributed by atoms with E-state index in [1.54, 1.807) is 0 Å². The fourth-order valence-corrected chi connectivity index (χ4v) is 0. The van der Waals surface area contributed by atoms with Crippen molar-refractivity contribution in [3.05, 3.63) is 0 Å². The van der Waals surface area contributed by atoms with Crippen molar-refractivity contribution in [2.75, 3.05) is 0 Å². The van der Waals surface area contributed by atoms with Crippen LogP contribution in [0, 0.1) is 0 Å². The average Bonchev–Trinajstić information content (AvgIpc) is 1.00. The Morgan fingerprint density at radius 3 is 1.50 bits per heavy atom. The molecule has 0 aromatic rings. The smallest absolute Gasteiger partial charge is 0.0149 e. The van der Waals surface area contributed by atoms with Gasteiger partial charge >= 0.3 is 57.8 Å². The van der Waals surface area contributed by atoms with E-state index >= 15 is 0 Å². The molecule has 0 bridgehead atoms. The van der Waals surface area contributed by atoms with Gasteiger partial charge in [-0.1, -0.05) is 0 Å². The van der Waals surface area contributed by atoms with E-state index in [1.165, 1.54) is 0 Å². The first-order valence-corrected chi connectivity index (χ1v) is 0.866. The first kappa shape index (κ1) is 17.0. The van der Waals surface area contributed by atoms with Crippen molar-refractivity contribution in [1.29, 1.82) is 0 Å². The molecule has 0 aromatic heterocycles. The molecule has 0 aliphatic carbocycles. The zero-order valence-corrected chi connectivity index (χ0v) is 5.45. The normalized spacial score (nSPS) is 0.750. The van der Waals surface area contributed by atoms with Gasteiger partial charge < -0.3 is 2.85 Å². The van der Waals surface area contributed by atoms with Crippen molar-refractivity contribution in [2.24, 2.45) is 0 Å². The van der Waals surface area contributed by atoms with Gasteiger partial charge in [0.15, 0.2) is 0 Å². The molecule has 0 rings (SSSR count). The molecule has 0 saturated heterocycles. The molecule has 0 aliphatic heterocycles. The molecule has 0 fully saturated rings. The van der Waals surface area contributed by atoms with Gasteiger partial charge in [0.2, 0.25) is 0 Å². The molecule has 0 aromatic carbocycles. The van der Waals surface area contributed by atoms with E-state index in [2.05, 4.69) is 0 Å². The Morgan fingerprint density at radius 1 is 1.50 bits per heavy atom. The van der Waals surface area contributed by atoms with Crippen LogP contribution < -0.4 is 0 Å². The van der Waals surface area contributed by atoms with E-state index in [0.29, 0.717) is 16.2 Å². The fraction of sp³-hybridized carbons (Fsp3) is 0. The van der Waals surface area contributed by atoms with Crippen LogP contribution in [0.4, 0.5) is 0 Å². The van der Waals surface area contributed by atoms with Gasteiger partial charge in [-0.2, -0.15) is 0 Å². The number of rotatable bonds is 0. The quantitative estimate of drug-likeness (QED) is 0.325. The van der Waals surface area contributed by atoms with Crippen molar-refractivity contribution >= 4 is 64.9 Å². The second-order valence-electron chi connectivity index (χ2n) is 0. The Labute approximate surface area is 70.8 Å². The molecular weight excluding hydrogens is 111 g/mol. The zero-order valence-electron chi connectivity index (χ0n) is 3.82. The summed E-state index contributed by atoms with van der Waals surface area (Å²) in [5.74, 6) is 0. The average molecular weight is 118 g/mol. The van der Waals surface area contributed by atoms with Crippen molar-refractivity contribution < 1.29 is 6.66 Å². The van der Waals surface area contributed by atoms with Gasteiger partial charge in [0.05, 0.1) is 0 Å². The maximum atomic E-state index is 8.28. The first-order valence-electron chi connectivity index (χ1n) is 0.289. The summed E-state index contributed by atoms with van der Waals surface area (Å²) in [5.41, 5.74) is 0. The maximum Gasteiger partial charge on any atom is -0.0149 e. The van der Waals surface area contributed by atoms with Gasteiger partial charge in [0, 0.05) is 0 Å². The van der Waals surface area contributed by atoms with E-state index in [-0.39, 0.29) is 51.6 Å². The monoisotopic (exact) mass is 118 g/mol. The molecule has 4 heteroatoms. The Bertz CT molecular complexity index is 13.5. The van der Waals surface area contributed by atoms with E-state index in [9.17, 15) is 0 Å². The van der Waals surface area contributed by atoms with E-state index in [1.807, 2.05) is 0 Å². The SMILES string of the molecule is [Ca+2].[H-].[H-].[O]=[AlH].[SiH4]. The van der Waals surface area contributed by atoms with Crippen molar-refractivity contribution in [3.63, 3.8) is 0 Å². The molecule has 4 heavy (non-hydrogen) atoms. The topological polar surface area (TPSA) is 17.1 Å². The van der Waals surface area contributed by atoms with Crippen LogP contribution in [0.2, 0.25) is 0 Å². The molecule has 0 spiro atoms. The molecule has 0 amide bonds. The third-order valence-electron chi connectivity index (χ3n) is 0. The van der Waals surface area contributed by atoms with Crippen LogP contribution in [0.15, 0.2) is 0 Å². The standard InChI is InChI=1S/Al.Ca.O.H4Si.3H/h;;;1H4;;;/q;+2;;;;2*-1. The van der Waals surface area contributed by atoms with Crippen LogP contribution in [0.5, 0.6) is 0 Å². The molecule has 0 radical (unpaired) electrons. The minimum absolute atomic E-state index is 0. The minimum Gasteiger partial charge on any atom is -0.0149 e. The van der Waals surface area contributed by atoms with Gasteiger partial charge in [0.25, 0.3) is 0 Å². The Balaban J connectivity index is -0.000000000833. The molecular formula is H7AlCaOSi. The first-order chi connectivity index (χ1) is 1.00. The molecule has 0 unspecified atom stereocenters. The minimum atomic E-state index is 0. The van der Waals surface area contributed by atoms with Crippen molar-refractivity contribution in [1.82, 2.24) is 0 Å². The predicted molar refractivity (Wildman–Crippen MR) is 27.1 cm³/mol. The van der Waals surface area contributed by atoms with E-state index < -0.39 is 0 Å². The second kappa shape index (κ2) is 21.3. The molecule has 0 saturated carbocycles. The summed E-state index contributed by atoms with van der Waals surface area (Å²) in [6.45, 7) is 0. The summed E-state index contributed by atoms with van der Waals surface area (Å²) < 4.78 is 8.28. The summed E-state index contributed by atoms with van der Waals surface area (Å²) >= 11 is 0.611. The maximum absolute atomic E-state index is 8.28. The van der Waals surface area contributed by atoms with Crippen molar-refractivity contribution in [2.45, 2.75) is 0 Å². The summed E-state index contributed by atoms with van der Waals surface area (Å²) in [4.78, 5) is 0. The fourth-order valence-electron chi connectivity index (χ4n) is 0. The molecule has 0 atom stereocenters. The summed E-state index contributed by atoms with van der Waals surface area (Å²) in [7, 11) is 0. The van der Waals surface area contributed by atoms with Crippen LogP contribution in [0.1, 0.15) is 2.85 Å². The zero-order chi connectivity index (χ0) is 2.00. The van der Waals surface area contributed by atoms with Crippen LogP contribution in [-0.2, 0) is 3.80 Å². The molecule has 1 nitrogen and oxygen atoms in total. The number of hydrogen-bond donors (Lipinski definition) is 0. The van der Waals surface area contributed by atoms with Crippen LogP contribution in [0.3, 0.4) is 0 Å². The molecule has 0 heterocycles. The summed E-state index contributed by atoms with van der Waals surface area (Å²) in [6.07, 6.45) is 0. The van der Waals surface area contributed by atoms with E-state index in [4.69, 9.17) is 3.80 Å². The second-order valence-corrected chi connectivity index (χ2v) is 0. The van der Waals surface area contributed by atoms with Gasteiger partial charge in [-0.15, -0.1) is 0 Å². The third kappa shape index (κ3) is 9.18. The van der Waals surface area contributed by atoms with Crippen LogP contribution >= 0.6 is 0 Å². The van der Waals surface area contributed by atoms with Gasteiger partial charge in [-0.3, -0.25) is 0 Å². The molecule has 0 N–H and O–H groups in total. The summed E-state index contributed by atoms with van der Waals surface area (Å²) in [5, 5.41) is 0.